The Hall–Kier alpha value is -0.360. The molecule has 0 aromatic heterocycles. The van der Waals surface area contributed by atoms with E-state index in [1.807, 2.05) is 0 Å². The van der Waals surface area contributed by atoms with Crippen LogP contribution in [0.4, 0.5) is 0 Å². The number of unbranched alkanes of at least 4 members (excludes halogenated alkanes) is 11. The summed E-state index contributed by atoms with van der Waals surface area (Å²) < 4.78 is 0. The molecule has 0 aromatic rings. The van der Waals surface area contributed by atoms with Gasteiger partial charge in [-0.1, -0.05) is 83.3 Å². The average molecular weight is 378 g/mol. The lowest BCUT2D eigenvalue weighted by molar-refractivity contribution is -0.116. The normalized spacial score (nSPS) is 14.8. The molecule has 0 heterocycles. The fraction of sp³-hybridized carbons (Fsp3) is 0.833. The summed E-state index contributed by atoms with van der Waals surface area (Å²) in [5.41, 5.74) is 4.07. The van der Waals surface area contributed by atoms with E-state index in [2.05, 4.69) is 6.92 Å². The quantitative estimate of drug-likeness (QED) is 0.160. The zero-order valence-corrected chi connectivity index (χ0v) is 16.4. The van der Waals surface area contributed by atoms with Crippen molar-refractivity contribution >= 4 is 13.5 Å². The minimum absolute atomic E-state index is 0.770. The molecule has 0 saturated heterocycles. The summed E-state index contributed by atoms with van der Waals surface area (Å²) in [6.45, 7) is 2.23. The Labute approximate surface area is 152 Å². The van der Waals surface area contributed by atoms with E-state index >= 15 is 0 Å². The summed E-state index contributed by atoms with van der Waals surface area (Å²) >= 11 is 0. The summed E-state index contributed by atoms with van der Waals surface area (Å²) in [6.07, 6.45) is 16.5. The van der Waals surface area contributed by atoms with Gasteiger partial charge in [-0.15, -0.1) is 0 Å². The molecular weight excluding hydrogens is 341 g/mol. The third-order valence-corrected chi connectivity index (χ3v) is 5.15. The van der Waals surface area contributed by atoms with Crippen LogP contribution in [0.3, 0.4) is 0 Å². The second-order valence-corrected chi connectivity index (χ2v) is 8.25. The van der Waals surface area contributed by atoms with Gasteiger partial charge in [-0.2, -0.15) is 14.7 Å². The van der Waals surface area contributed by atoms with Crippen molar-refractivity contribution in [3.8, 4) is 0 Å². The summed E-state index contributed by atoms with van der Waals surface area (Å²) in [7, 11) is -4.65. The number of hydrogen-bond donors (Lipinski definition) is 5. The van der Waals surface area contributed by atoms with Crippen LogP contribution < -0.4 is 5.73 Å². The first-order chi connectivity index (χ1) is 11.8. The predicted octanol–water partition coefficient (Wildman–Crippen LogP) is 3.20. The molecular formula is C18H37NO5P+. The van der Waals surface area contributed by atoms with E-state index in [1.165, 1.54) is 63.9 Å². The Morgan fingerprint density at radius 1 is 0.920 bits per heavy atom. The second kappa shape index (κ2) is 14.8. The van der Waals surface area contributed by atoms with Crippen LogP contribution in [0.25, 0.3) is 0 Å². The molecule has 0 radical (unpaired) electrons. The van der Waals surface area contributed by atoms with Crippen molar-refractivity contribution in [2.75, 3.05) is 0 Å². The van der Waals surface area contributed by atoms with Gasteiger partial charge in [0.2, 0.25) is 0 Å². The molecule has 6 N–H and O–H groups in total. The van der Waals surface area contributed by atoms with Crippen molar-refractivity contribution in [1.29, 1.82) is 0 Å². The molecule has 0 amide bonds. The molecule has 0 rings (SSSR count). The molecule has 25 heavy (non-hydrogen) atoms. The Kier molecular flexibility index (Phi) is 14.6. The molecule has 0 fully saturated rings. The molecule has 0 saturated carbocycles. The van der Waals surface area contributed by atoms with Gasteiger partial charge in [-0.25, -0.2) is 4.79 Å². The van der Waals surface area contributed by atoms with Crippen LogP contribution in [0.5, 0.6) is 0 Å². The maximum atomic E-state index is 11.3. The maximum absolute atomic E-state index is 11.3. The van der Waals surface area contributed by atoms with E-state index < -0.39 is 25.6 Å². The highest BCUT2D eigenvalue weighted by molar-refractivity contribution is 7.76. The monoisotopic (exact) mass is 378 g/mol. The third kappa shape index (κ3) is 13.5. The molecule has 0 bridgehead atoms. The number of nitrogens with two attached hydrogens (primary N) is 1. The van der Waals surface area contributed by atoms with Crippen molar-refractivity contribution in [1.82, 2.24) is 0 Å². The van der Waals surface area contributed by atoms with Crippen molar-refractivity contribution in [2.24, 2.45) is 5.73 Å². The molecule has 6 nitrogen and oxygen atoms in total. The Morgan fingerprint density at radius 2 is 1.36 bits per heavy atom. The van der Waals surface area contributed by atoms with Crippen LogP contribution in [0.2, 0.25) is 0 Å². The van der Waals surface area contributed by atoms with Gasteiger partial charge in [0.25, 0.3) is 0 Å². The largest absolute Gasteiger partial charge is 0.480 e. The van der Waals surface area contributed by atoms with Gasteiger partial charge in [0, 0.05) is 0 Å². The van der Waals surface area contributed by atoms with Crippen LogP contribution in [0.1, 0.15) is 84.0 Å². The van der Waals surface area contributed by atoms with Gasteiger partial charge < -0.3 is 10.8 Å². The van der Waals surface area contributed by atoms with Crippen LogP contribution in [-0.2, 0) is 4.79 Å². The molecule has 7 heteroatoms. The second-order valence-electron chi connectivity index (χ2n) is 6.68. The number of carbonyl (C=O) groups excluding carboxylic acids is 1. The Balaban J connectivity index is 3.58. The van der Waals surface area contributed by atoms with Gasteiger partial charge in [0.15, 0.2) is 0 Å². The van der Waals surface area contributed by atoms with E-state index in [9.17, 15) is 9.90 Å². The van der Waals surface area contributed by atoms with Gasteiger partial charge in [0.05, 0.1) is 6.10 Å². The van der Waals surface area contributed by atoms with Crippen LogP contribution in [0, 0.1) is 0 Å². The first-order valence-electron chi connectivity index (χ1n) is 9.52. The minimum Gasteiger partial charge on any atom is -0.387 e. The van der Waals surface area contributed by atoms with Crippen molar-refractivity contribution in [3.05, 3.63) is 12.2 Å². The molecule has 0 aromatic carbocycles. The van der Waals surface area contributed by atoms with Gasteiger partial charge in [-0.3, -0.25) is 0 Å². The SMILES string of the molecule is CCCCCCCCCCCCCC=CC(O)C(N)C(=O)[P+](O)(O)O. The van der Waals surface area contributed by atoms with E-state index in [4.69, 9.17) is 20.4 Å². The number of hydrogen-bond acceptors (Lipinski definition) is 6. The van der Waals surface area contributed by atoms with Crippen LogP contribution in [-0.4, -0.2) is 37.5 Å². The average Bonchev–Trinajstić information content (AvgIpc) is 2.56. The van der Waals surface area contributed by atoms with E-state index in [1.54, 1.807) is 6.08 Å². The molecule has 0 spiro atoms. The first-order valence-corrected chi connectivity index (χ1v) is 11.2. The van der Waals surface area contributed by atoms with Crippen LogP contribution >= 0.6 is 7.94 Å². The smallest absolute Gasteiger partial charge is 0.387 e. The lowest BCUT2D eigenvalue weighted by Crippen LogP contribution is -2.41. The minimum atomic E-state index is -4.65. The van der Waals surface area contributed by atoms with E-state index in [0.717, 1.165) is 19.3 Å². The topological polar surface area (TPSA) is 124 Å². The first kappa shape index (κ1) is 24.6. The molecule has 2 atom stereocenters. The molecule has 148 valence electrons. The fourth-order valence-electron chi connectivity index (χ4n) is 2.63. The van der Waals surface area contributed by atoms with Crippen LogP contribution in [0.15, 0.2) is 12.2 Å². The lowest BCUT2D eigenvalue weighted by Gasteiger charge is -2.13. The van der Waals surface area contributed by atoms with Gasteiger partial charge >= 0.3 is 13.5 Å². The highest BCUT2D eigenvalue weighted by Gasteiger charge is 2.48. The van der Waals surface area contributed by atoms with E-state index in [-0.39, 0.29) is 0 Å². The summed E-state index contributed by atoms with van der Waals surface area (Å²) in [4.78, 5) is 37.9. The summed E-state index contributed by atoms with van der Waals surface area (Å²) in [5, 5.41) is 9.68. The van der Waals surface area contributed by atoms with Gasteiger partial charge in [0.1, 0.15) is 6.04 Å². The van der Waals surface area contributed by atoms with Crippen molar-refractivity contribution in [3.63, 3.8) is 0 Å². The number of aliphatic hydroxyl groups is 1. The molecule has 0 aliphatic heterocycles. The molecule has 0 aliphatic carbocycles. The zero-order valence-electron chi connectivity index (χ0n) is 15.5. The highest BCUT2D eigenvalue weighted by Crippen LogP contribution is 2.46. The van der Waals surface area contributed by atoms with Gasteiger partial charge in [-0.05, 0) is 12.8 Å². The van der Waals surface area contributed by atoms with Crippen molar-refractivity contribution in [2.45, 2.75) is 96.1 Å². The maximum Gasteiger partial charge on any atom is 0.480 e. The van der Waals surface area contributed by atoms with Crippen molar-refractivity contribution < 1.29 is 24.6 Å². The third-order valence-electron chi connectivity index (χ3n) is 4.26. The molecule has 0 aliphatic rings. The fourth-order valence-corrected chi connectivity index (χ4v) is 3.18. The zero-order chi connectivity index (χ0) is 19.1. The number of allylic oxidation sites excluding steroid dienone is 1. The Bertz CT molecular complexity index is 371. The molecule has 2 unspecified atom stereocenters. The highest BCUT2D eigenvalue weighted by atomic mass is 31.2. The lowest BCUT2D eigenvalue weighted by atomic mass is 10.0. The number of carbonyl (C=O) groups is 1. The summed E-state index contributed by atoms with van der Waals surface area (Å²) in [5.74, 6) is 0. The predicted molar refractivity (Wildman–Crippen MR) is 103 cm³/mol. The number of rotatable bonds is 16. The standard InChI is InChI=1S/C18H37NO5P/c1-2-3-4-5-6-7-8-9-10-11-12-13-14-15-16(20)17(19)18(21)25(22,23)24/h14-17,20,22-24H,2-13,19H2,1H3/q+1. The van der Waals surface area contributed by atoms with E-state index in [0.29, 0.717) is 0 Å². The Morgan fingerprint density at radius 3 is 1.80 bits per heavy atom. The summed E-state index contributed by atoms with van der Waals surface area (Å²) in [6, 6.07) is -1.53. The number of aliphatic hydroxyl groups excluding tert-OH is 1.